The molecule has 0 spiro atoms. The Balaban J connectivity index is 2.84. The van der Waals surface area contributed by atoms with Crippen molar-refractivity contribution in [3.63, 3.8) is 0 Å². The van der Waals surface area contributed by atoms with Crippen LogP contribution in [-0.2, 0) is 15.7 Å². The molecule has 0 amide bonds. The Kier molecular flexibility index (Phi) is 6.60. The van der Waals surface area contributed by atoms with Crippen molar-refractivity contribution in [2.24, 2.45) is 0 Å². The number of esters is 1. The molecule has 0 saturated carbocycles. The lowest BCUT2D eigenvalue weighted by Crippen LogP contribution is -2.43. The van der Waals surface area contributed by atoms with Gasteiger partial charge in [-0.25, -0.2) is 18.0 Å². The van der Waals surface area contributed by atoms with Gasteiger partial charge in [-0.15, -0.1) is 0 Å². The second-order valence-corrected chi connectivity index (χ2v) is 10.1. The number of aromatic nitrogens is 2. The van der Waals surface area contributed by atoms with E-state index in [1.165, 1.54) is 12.3 Å². The average molecular weight is 338 g/mol. The van der Waals surface area contributed by atoms with E-state index in [0.29, 0.717) is 0 Å². The third-order valence-corrected chi connectivity index (χ3v) is 3.62. The molecule has 1 heterocycles. The van der Waals surface area contributed by atoms with Crippen molar-refractivity contribution in [2.45, 2.75) is 51.8 Å². The molecular formula is C13H21F3N2O3Si. The summed E-state index contributed by atoms with van der Waals surface area (Å²) in [5.74, 6) is -0.674. The van der Waals surface area contributed by atoms with Gasteiger partial charge < -0.3 is 9.16 Å². The number of alkyl halides is 3. The summed E-state index contributed by atoms with van der Waals surface area (Å²) in [4.78, 5) is 11.7. The van der Waals surface area contributed by atoms with Crippen molar-refractivity contribution in [1.82, 2.24) is 9.78 Å². The van der Waals surface area contributed by atoms with Crippen LogP contribution in [0.4, 0.5) is 13.2 Å². The fourth-order valence-corrected chi connectivity index (χ4v) is 2.88. The van der Waals surface area contributed by atoms with Crippen LogP contribution in [0.3, 0.4) is 0 Å². The lowest BCUT2D eigenvalue weighted by Gasteiger charge is -2.28. The van der Waals surface area contributed by atoms with Gasteiger partial charge in [-0.2, -0.15) is 5.10 Å². The van der Waals surface area contributed by atoms with E-state index in [1.54, 1.807) is 26.6 Å². The molecule has 0 saturated heterocycles. The van der Waals surface area contributed by atoms with E-state index in [1.807, 2.05) is 0 Å². The first-order valence-corrected chi connectivity index (χ1v) is 10.4. The molecule has 0 aliphatic heterocycles. The van der Waals surface area contributed by atoms with Crippen molar-refractivity contribution < 1.29 is 27.1 Å². The van der Waals surface area contributed by atoms with Crippen LogP contribution in [0, 0.1) is 0 Å². The third-order valence-electron chi connectivity index (χ3n) is 2.64. The van der Waals surface area contributed by atoms with E-state index >= 15 is 0 Å². The van der Waals surface area contributed by atoms with Gasteiger partial charge in [0.15, 0.2) is 8.32 Å². The van der Waals surface area contributed by atoms with Gasteiger partial charge in [0.1, 0.15) is 18.0 Å². The van der Waals surface area contributed by atoms with Gasteiger partial charge >= 0.3 is 5.97 Å². The van der Waals surface area contributed by atoms with Gasteiger partial charge in [-0.3, -0.25) is 4.68 Å². The molecule has 0 fully saturated rings. The summed E-state index contributed by atoms with van der Waals surface area (Å²) in [7, 11) is -2.34. The van der Waals surface area contributed by atoms with Crippen molar-refractivity contribution in [2.75, 3.05) is 6.61 Å². The SMILES string of the molecule is CCOC(=O)c1ccnn1CC(F)C(O[Si](C)(C)C)C(F)F. The summed E-state index contributed by atoms with van der Waals surface area (Å²) < 4.78 is 51.3. The highest BCUT2D eigenvalue weighted by atomic mass is 28.4. The van der Waals surface area contributed by atoms with Crippen molar-refractivity contribution >= 4 is 14.3 Å². The molecule has 1 aromatic heterocycles. The number of halogens is 3. The molecule has 9 heteroatoms. The Morgan fingerprint density at radius 1 is 1.36 bits per heavy atom. The van der Waals surface area contributed by atoms with Crippen LogP contribution in [-0.4, -0.2) is 49.4 Å². The zero-order chi connectivity index (χ0) is 16.9. The van der Waals surface area contributed by atoms with Gasteiger partial charge in [0.25, 0.3) is 6.43 Å². The monoisotopic (exact) mass is 338 g/mol. The second-order valence-electron chi connectivity index (χ2n) is 5.66. The van der Waals surface area contributed by atoms with Crippen molar-refractivity contribution in [1.29, 1.82) is 0 Å². The molecule has 0 aromatic carbocycles. The van der Waals surface area contributed by atoms with Gasteiger partial charge in [0.2, 0.25) is 0 Å². The summed E-state index contributed by atoms with van der Waals surface area (Å²) in [5, 5.41) is 3.78. The van der Waals surface area contributed by atoms with Crippen LogP contribution >= 0.6 is 0 Å². The number of nitrogens with zero attached hydrogens (tertiary/aromatic N) is 2. The minimum absolute atomic E-state index is 0.0190. The average Bonchev–Trinajstić information content (AvgIpc) is 2.83. The Morgan fingerprint density at radius 3 is 2.50 bits per heavy atom. The predicted octanol–water partition coefficient (Wildman–Crippen LogP) is 2.88. The minimum atomic E-state index is -2.96. The number of hydrogen-bond acceptors (Lipinski definition) is 4. The third kappa shape index (κ3) is 5.45. The number of carbonyl (C=O) groups excluding carboxylic acids is 1. The zero-order valence-electron chi connectivity index (χ0n) is 13.1. The van der Waals surface area contributed by atoms with E-state index < -0.39 is 39.5 Å². The number of ether oxygens (including phenoxy) is 1. The number of hydrogen-bond donors (Lipinski definition) is 0. The minimum Gasteiger partial charge on any atom is -0.461 e. The summed E-state index contributed by atoms with van der Waals surface area (Å²) >= 11 is 0. The topological polar surface area (TPSA) is 53.3 Å². The van der Waals surface area contributed by atoms with E-state index in [0.717, 1.165) is 4.68 Å². The van der Waals surface area contributed by atoms with Crippen LogP contribution < -0.4 is 0 Å². The Bertz CT molecular complexity index is 491. The van der Waals surface area contributed by atoms with Gasteiger partial charge in [0.05, 0.1) is 13.2 Å². The van der Waals surface area contributed by atoms with Gasteiger partial charge in [-0.05, 0) is 32.6 Å². The van der Waals surface area contributed by atoms with Crippen LogP contribution in [0.5, 0.6) is 0 Å². The van der Waals surface area contributed by atoms with Gasteiger partial charge in [0, 0.05) is 6.20 Å². The summed E-state index contributed by atoms with van der Waals surface area (Å²) in [5.41, 5.74) is 0.0190. The number of carbonyl (C=O) groups is 1. The molecule has 0 aliphatic carbocycles. The van der Waals surface area contributed by atoms with Crippen molar-refractivity contribution in [3.8, 4) is 0 Å². The molecule has 5 nitrogen and oxygen atoms in total. The van der Waals surface area contributed by atoms with Crippen LogP contribution in [0.2, 0.25) is 19.6 Å². The molecular weight excluding hydrogens is 317 g/mol. The Labute approximate surface area is 128 Å². The molecule has 0 N–H and O–H groups in total. The Hall–Kier alpha value is -1.35. The van der Waals surface area contributed by atoms with E-state index in [2.05, 4.69) is 5.10 Å². The molecule has 22 heavy (non-hydrogen) atoms. The highest BCUT2D eigenvalue weighted by Crippen LogP contribution is 2.20. The zero-order valence-corrected chi connectivity index (χ0v) is 14.1. The maximum absolute atomic E-state index is 14.2. The molecule has 0 bridgehead atoms. The highest BCUT2D eigenvalue weighted by molar-refractivity contribution is 6.69. The van der Waals surface area contributed by atoms with E-state index in [9.17, 15) is 18.0 Å². The second kappa shape index (κ2) is 7.77. The van der Waals surface area contributed by atoms with Crippen LogP contribution in [0.25, 0.3) is 0 Å². The van der Waals surface area contributed by atoms with Gasteiger partial charge in [-0.1, -0.05) is 0 Å². The molecule has 2 unspecified atom stereocenters. The Morgan fingerprint density at radius 2 is 2.00 bits per heavy atom. The van der Waals surface area contributed by atoms with Crippen molar-refractivity contribution in [3.05, 3.63) is 18.0 Å². The fourth-order valence-electron chi connectivity index (χ4n) is 1.82. The molecule has 1 aromatic rings. The maximum Gasteiger partial charge on any atom is 0.356 e. The summed E-state index contributed by atoms with van der Waals surface area (Å²) in [6, 6.07) is 1.35. The normalized spacial score (nSPS) is 14.9. The van der Waals surface area contributed by atoms with Crippen LogP contribution in [0.15, 0.2) is 12.3 Å². The highest BCUT2D eigenvalue weighted by Gasteiger charge is 2.36. The van der Waals surface area contributed by atoms with E-state index in [4.69, 9.17) is 9.16 Å². The summed E-state index contributed by atoms with van der Waals surface area (Å²) in [6.07, 6.45) is -5.50. The smallest absolute Gasteiger partial charge is 0.356 e. The molecule has 126 valence electrons. The summed E-state index contributed by atoms with van der Waals surface area (Å²) in [6.45, 7) is 6.39. The first kappa shape index (κ1) is 18.7. The molecule has 1 rings (SSSR count). The molecule has 0 aliphatic rings. The van der Waals surface area contributed by atoms with Crippen LogP contribution in [0.1, 0.15) is 17.4 Å². The maximum atomic E-state index is 14.2. The first-order chi connectivity index (χ1) is 10.2. The predicted molar refractivity (Wildman–Crippen MR) is 77.3 cm³/mol. The first-order valence-electron chi connectivity index (χ1n) is 6.94. The lowest BCUT2D eigenvalue weighted by atomic mass is 10.2. The lowest BCUT2D eigenvalue weighted by molar-refractivity contribution is -0.0425. The largest absolute Gasteiger partial charge is 0.461 e. The van der Waals surface area contributed by atoms with E-state index in [-0.39, 0.29) is 12.3 Å². The molecule has 0 radical (unpaired) electrons. The standard InChI is InChI=1S/C13H21F3N2O3Si/c1-5-20-13(19)10-6-7-17-18(10)8-9(14)11(12(15)16)21-22(2,3)4/h6-7,9,11-12H,5,8H2,1-4H3. The number of rotatable bonds is 8. The fraction of sp³-hybridized carbons (Fsp3) is 0.692. The quantitative estimate of drug-likeness (QED) is 0.540. The molecule has 2 atom stereocenters.